The molecule has 0 saturated heterocycles. The smallest absolute Gasteiger partial charge is 0.224 e. The summed E-state index contributed by atoms with van der Waals surface area (Å²) in [5.74, 6) is 0.0698. The number of carbonyl (C=O) groups is 1. The van der Waals surface area contributed by atoms with E-state index in [0.29, 0.717) is 23.0 Å². The molecule has 1 unspecified atom stereocenters. The molecular weight excluding hydrogens is 295 g/mol. The quantitative estimate of drug-likeness (QED) is 0.866. The highest BCUT2D eigenvalue weighted by Crippen LogP contribution is 2.23. The van der Waals surface area contributed by atoms with Gasteiger partial charge in [-0.3, -0.25) is 4.79 Å². The first kappa shape index (κ1) is 17.3. The Kier molecular flexibility index (Phi) is 6.80. The highest BCUT2D eigenvalue weighted by Gasteiger charge is 2.19. The van der Waals surface area contributed by atoms with Crippen LogP contribution in [-0.4, -0.2) is 22.9 Å². The summed E-state index contributed by atoms with van der Waals surface area (Å²) < 4.78 is 0. The third-order valence-electron chi connectivity index (χ3n) is 3.24. The molecule has 0 spiro atoms. The molecule has 0 aliphatic carbocycles. The van der Waals surface area contributed by atoms with Crippen LogP contribution in [0.4, 0.5) is 0 Å². The molecule has 0 heterocycles. The number of carbonyl (C=O) groups excluding carboxylic acids is 1. The Bertz CT molecular complexity index is 463. The number of hydrogen-bond donors (Lipinski definition) is 1. The molecule has 1 aromatic carbocycles. The first-order valence-electron chi connectivity index (χ1n) is 6.84. The maximum Gasteiger partial charge on any atom is 0.224 e. The number of amides is 1. The zero-order valence-corrected chi connectivity index (χ0v) is 13.7. The van der Waals surface area contributed by atoms with Crippen molar-refractivity contribution in [3.8, 4) is 0 Å². The van der Waals surface area contributed by atoms with Crippen LogP contribution < -0.4 is 5.73 Å². The van der Waals surface area contributed by atoms with Gasteiger partial charge in [0.2, 0.25) is 5.91 Å². The number of hydrogen-bond acceptors (Lipinski definition) is 2. The molecule has 1 atom stereocenters. The molecule has 0 fully saturated rings. The molecular formula is C15H22Cl2N2O. The maximum atomic E-state index is 12.3. The fraction of sp³-hybridized carbons (Fsp3) is 0.533. The van der Waals surface area contributed by atoms with Crippen LogP contribution in [0.25, 0.3) is 0 Å². The fourth-order valence-corrected chi connectivity index (χ4v) is 2.20. The zero-order valence-electron chi connectivity index (χ0n) is 12.2. The summed E-state index contributed by atoms with van der Waals surface area (Å²) in [6, 6.07) is 5.46. The summed E-state index contributed by atoms with van der Waals surface area (Å²) in [5.41, 5.74) is 6.83. The average molecular weight is 317 g/mol. The van der Waals surface area contributed by atoms with E-state index in [1.165, 1.54) is 0 Å². The van der Waals surface area contributed by atoms with Crippen LogP contribution in [0.1, 0.15) is 39.2 Å². The number of nitrogens with two attached hydrogens (primary N) is 1. The lowest BCUT2D eigenvalue weighted by molar-refractivity contribution is -0.133. The standard InChI is InChI=1S/C15H22Cl2N2O/c1-4-12(18)8-15(20)19(10(2)3)9-11-5-6-13(16)14(17)7-11/h5-7,10,12H,4,8-9,18H2,1-3H3. The van der Waals surface area contributed by atoms with Gasteiger partial charge in [-0.2, -0.15) is 0 Å². The summed E-state index contributed by atoms with van der Waals surface area (Å²) in [6.07, 6.45) is 1.17. The van der Waals surface area contributed by atoms with Crippen LogP contribution >= 0.6 is 23.2 Å². The Balaban J connectivity index is 2.81. The van der Waals surface area contributed by atoms with Gasteiger partial charge in [-0.15, -0.1) is 0 Å². The van der Waals surface area contributed by atoms with Gasteiger partial charge in [-0.05, 0) is 38.0 Å². The Hall–Kier alpha value is -0.770. The lowest BCUT2D eigenvalue weighted by Gasteiger charge is -2.28. The minimum Gasteiger partial charge on any atom is -0.336 e. The summed E-state index contributed by atoms with van der Waals surface area (Å²) in [7, 11) is 0. The number of benzene rings is 1. The highest BCUT2D eigenvalue weighted by molar-refractivity contribution is 6.42. The van der Waals surface area contributed by atoms with Crippen molar-refractivity contribution in [3.63, 3.8) is 0 Å². The second-order valence-corrected chi connectivity index (χ2v) is 6.05. The van der Waals surface area contributed by atoms with Crippen molar-refractivity contribution in [3.05, 3.63) is 33.8 Å². The molecule has 1 rings (SSSR count). The molecule has 0 aliphatic heterocycles. The van der Waals surface area contributed by atoms with Crippen LogP contribution in [-0.2, 0) is 11.3 Å². The molecule has 1 amide bonds. The predicted molar refractivity (Wildman–Crippen MR) is 85.0 cm³/mol. The first-order valence-corrected chi connectivity index (χ1v) is 7.59. The van der Waals surface area contributed by atoms with Gasteiger partial charge >= 0.3 is 0 Å². The minimum absolute atomic E-state index is 0.0698. The van der Waals surface area contributed by atoms with Crippen molar-refractivity contribution in [1.82, 2.24) is 4.90 Å². The highest BCUT2D eigenvalue weighted by atomic mass is 35.5. The number of rotatable bonds is 6. The van der Waals surface area contributed by atoms with Crippen LogP contribution in [0.15, 0.2) is 18.2 Å². The maximum absolute atomic E-state index is 12.3. The molecule has 20 heavy (non-hydrogen) atoms. The second kappa shape index (κ2) is 7.87. The van der Waals surface area contributed by atoms with Crippen LogP contribution in [0.5, 0.6) is 0 Å². The summed E-state index contributed by atoms with van der Waals surface area (Å²) in [5, 5.41) is 1.02. The van der Waals surface area contributed by atoms with Crippen molar-refractivity contribution < 1.29 is 4.79 Å². The van der Waals surface area contributed by atoms with E-state index in [4.69, 9.17) is 28.9 Å². The van der Waals surface area contributed by atoms with Crippen LogP contribution in [0, 0.1) is 0 Å². The molecule has 0 aliphatic rings. The van der Waals surface area contributed by atoms with Crippen molar-refractivity contribution in [2.24, 2.45) is 5.73 Å². The Morgan fingerprint density at radius 3 is 2.45 bits per heavy atom. The van der Waals surface area contributed by atoms with Crippen LogP contribution in [0.3, 0.4) is 0 Å². The van der Waals surface area contributed by atoms with E-state index in [-0.39, 0.29) is 18.0 Å². The van der Waals surface area contributed by atoms with E-state index in [9.17, 15) is 4.79 Å². The lowest BCUT2D eigenvalue weighted by atomic mass is 10.1. The van der Waals surface area contributed by atoms with Crippen molar-refractivity contribution in [2.45, 2.75) is 52.2 Å². The minimum atomic E-state index is -0.0856. The van der Waals surface area contributed by atoms with Gasteiger partial charge in [0, 0.05) is 25.0 Å². The van der Waals surface area contributed by atoms with Gasteiger partial charge in [0.1, 0.15) is 0 Å². The van der Waals surface area contributed by atoms with E-state index in [2.05, 4.69) is 0 Å². The lowest BCUT2D eigenvalue weighted by Crippen LogP contribution is -2.39. The van der Waals surface area contributed by atoms with Crippen molar-refractivity contribution in [2.75, 3.05) is 0 Å². The fourth-order valence-electron chi connectivity index (χ4n) is 1.88. The van der Waals surface area contributed by atoms with Gasteiger partial charge in [0.25, 0.3) is 0 Å². The predicted octanol–water partition coefficient (Wildman–Crippen LogP) is 3.86. The number of halogens is 2. The molecule has 3 nitrogen and oxygen atoms in total. The molecule has 5 heteroatoms. The largest absolute Gasteiger partial charge is 0.336 e. The van der Waals surface area contributed by atoms with Crippen molar-refractivity contribution in [1.29, 1.82) is 0 Å². The Morgan fingerprint density at radius 2 is 1.95 bits per heavy atom. The molecule has 0 radical (unpaired) electrons. The average Bonchev–Trinajstić information content (AvgIpc) is 2.39. The topological polar surface area (TPSA) is 46.3 Å². The van der Waals surface area contributed by atoms with E-state index in [0.717, 1.165) is 12.0 Å². The van der Waals surface area contributed by atoms with Gasteiger partial charge in [-0.25, -0.2) is 0 Å². The molecule has 2 N–H and O–H groups in total. The van der Waals surface area contributed by atoms with Gasteiger partial charge < -0.3 is 10.6 Å². The second-order valence-electron chi connectivity index (χ2n) is 5.24. The summed E-state index contributed by atoms with van der Waals surface area (Å²) >= 11 is 11.9. The summed E-state index contributed by atoms with van der Waals surface area (Å²) in [6.45, 7) is 6.49. The Morgan fingerprint density at radius 1 is 1.30 bits per heavy atom. The monoisotopic (exact) mass is 316 g/mol. The van der Waals surface area contributed by atoms with Gasteiger partial charge in [0.15, 0.2) is 0 Å². The molecule has 1 aromatic rings. The normalized spacial score (nSPS) is 12.6. The molecule has 0 bridgehead atoms. The van der Waals surface area contributed by atoms with Crippen LogP contribution in [0.2, 0.25) is 10.0 Å². The summed E-state index contributed by atoms with van der Waals surface area (Å²) in [4.78, 5) is 14.1. The zero-order chi connectivity index (χ0) is 15.3. The molecule has 0 aromatic heterocycles. The SMILES string of the molecule is CCC(N)CC(=O)N(Cc1ccc(Cl)c(Cl)c1)C(C)C. The van der Waals surface area contributed by atoms with E-state index in [1.54, 1.807) is 12.1 Å². The molecule has 0 saturated carbocycles. The third-order valence-corrected chi connectivity index (χ3v) is 3.98. The number of nitrogens with zero attached hydrogens (tertiary/aromatic N) is 1. The van der Waals surface area contributed by atoms with Gasteiger partial charge in [0.05, 0.1) is 10.0 Å². The third kappa shape index (κ3) is 4.97. The first-order chi connectivity index (χ1) is 9.35. The Labute approximate surface area is 131 Å². The molecule has 112 valence electrons. The van der Waals surface area contributed by atoms with Crippen molar-refractivity contribution >= 4 is 29.1 Å². The van der Waals surface area contributed by atoms with E-state index in [1.807, 2.05) is 31.7 Å². The van der Waals surface area contributed by atoms with E-state index < -0.39 is 0 Å². The van der Waals surface area contributed by atoms with E-state index >= 15 is 0 Å². The van der Waals surface area contributed by atoms with Gasteiger partial charge in [-0.1, -0.05) is 36.2 Å².